The molecule has 0 saturated heterocycles. The van der Waals surface area contributed by atoms with Crippen LogP contribution >= 0.6 is 0 Å². The van der Waals surface area contributed by atoms with Gasteiger partial charge in [-0.05, 0) is 25.5 Å². The summed E-state index contributed by atoms with van der Waals surface area (Å²) in [4.78, 5) is 14.4. The highest BCUT2D eigenvalue weighted by Gasteiger charge is 2.29. The Morgan fingerprint density at radius 2 is 1.88 bits per heavy atom. The van der Waals surface area contributed by atoms with Crippen molar-refractivity contribution < 1.29 is 13.2 Å². The first-order valence-electron chi connectivity index (χ1n) is 7.93. The van der Waals surface area contributed by atoms with Crippen molar-refractivity contribution in [2.45, 2.75) is 37.9 Å². The van der Waals surface area contributed by atoms with Gasteiger partial charge < -0.3 is 9.47 Å². The number of sulfonamides is 1. The quantitative estimate of drug-likeness (QED) is 0.897. The number of fused-ring (bicyclic) bond motifs is 1. The van der Waals surface area contributed by atoms with Crippen LogP contribution in [0.25, 0.3) is 0 Å². The zero-order chi connectivity index (χ0) is 17.3. The fourth-order valence-electron chi connectivity index (χ4n) is 2.81. The number of carbonyl (C=O) groups is 1. The highest BCUT2D eigenvalue weighted by Crippen LogP contribution is 2.21. The molecule has 0 spiro atoms. The van der Waals surface area contributed by atoms with Crippen LogP contribution in [0, 0.1) is 0 Å². The molecule has 2 aromatic rings. The normalized spacial score (nSPS) is 15.0. The molecule has 1 aromatic heterocycles. The summed E-state index contributed by atoms with van der Waals surface area (Å²) in [5.41, 5.74) is 1.31. The molecule has 0 aliphatic carbocycles. The molecular weight excluding hydrogens is 326 g/mol. The Balaban J connectivity index is 1.81. The molecule has 0 radical (unpaired) electrons. The highest BCUT2D eigenvalue weighted by molar-refractivity contribution is 7.89. The first-order valence-corrected chi connectivity index (χ1v) is 9.41. The summed E-state index contributed by atoms with van der Waals surface area (Å²) in [7, 11) is -3.66. The van der Waals surface area contributed by atoms with Crippen LogP contribution in [0.2, 0.25) is 0 Å². The highest BCUT2D eigenvalue weighted by atomic mass is 32.2. The molecule has 0 bridgehead atoms. The van der Waals surface area contributed by atoms with Gasteiger partial charge in [0.05, 0.1) is 0 Å². The molecule has 7 heteroatoms. The molecule has 6 nitrogen and oxygen atoms in total. The SMILES string of the molecule is CC(C)N1CCn2cc(S(=O)(=O)NCc3ccccc3)cc2C1=O. The van der Waals surface area contributed by atoms with Gasteiger partial charge in [-0.2, -0.15) is 0 Å². The van der Waals surface area contributed by atoms with E-state index in [-0.39, 0.29) is 23.4 Å². The van der Waals surface area contributed by atoms with E-state index in [0.717, 1.165) is 5.56 Å². The van der Waals surface area contributed by atoms with E-state index in [1.807, 2.05) is 44.2 Å². The summed E-state index contributed by atoms with van der Waals surface area (Å²) < 4.78 is 29.3. The van der Waals surface area contributed by atoms with Crippen LogP contribution in [-0.2, 0) is 23.1 Å². The van der Waals surface area contributed by atoms with Gasteiger partial charge in [0.25, 0.3) is 5.91 Å². The van der Waals surface area contributed by atoms with E-state index in [1.54, 1.807) is 9.47 Å². The topological polar surface area (TPSA) is 71.4 Å². The first kappa shape index (κ1) is 16.7. The summed E-state index contributed by atoms with van der Waals surface area (Å²) in [5.74, 6) is -0.124. The van der Waals surface area contributed by atoms with Crippen LogP contribution < -0.4 is 4.72 Å². The van der Waals surface area contributed by atoms with Gasteiger partial charge in [-0.25, -0.2) is 13.1 Å². The summed E-state index contributed by atoms with van der Waals surface area (Å²) in [5, 5.41) is 0. The van der Waals surface area contributed by atoms with Crippen molar-refractivity contribution >= 4 is 15.9 Å². The van der Waals surface area contributed by atoms with Crippen LogP contribution in [0.3, 0.4) is 0 Å². The molecule has 0 saturated carbocycles. The lowest BCUT2D eigenvalue weighted by Crippen LogP contribution is -2.43. The van der Waals surface area contributed by atoms with Crippen LogP contribution in [0.5, 0.6) is 0 Å². The number of carbonyl (C=O) groups excluding carboxylic acids is 1. The zero-order valence-corrected chi connectivity index (χ0v) is 14.6. The number of nitrogens with zero attached hydrogens (tertiary/aromatic N) is 2. The Labute approximate surface area is 142 Å². The average Bonchev–Trinajstić information content (AvgIpc) is 3.00. The van der Waals surface area contributed by atoms with Crippen molar-refractivity contribution in [3.05, 3.63) is 53.9 Å². The van der Waals surface area contributed by atoms with Crippen LogP contribution in [0.15, 0.2) is 47.5 Å². The Bertz CT molecular complexity index is 841. The van der Waals surface area contributed by atoms with Crippen molar-refractivity contribution in [1.82, 2.24) is 14.2 Å². The van der Waals surface area contributed by atoms with E-state index in [0.29, 0.717) is 18.8 Å². The Hall–Kier alpha value is -2.12. The number of amides is 1. The molecule has 3 rings (SSSR count). The Kier molecular flexibility index (Phi) is 4.47. The minimum Gasteiger partial charge on any atom is -0.340 e. The number of benzene rings is 1. The van der Waals surface area contributed by atoms with Crippen molar-refractivity contribution in [3.8, 4) is 0 Å². The number of aromatic nitrogens is 1. The minimum absolute atomic E-state index is 0.0948. The third-order valence-electron chi connectivity index (χ3n) is 4.18. The van der Waals surface area contributed by atoms with E-state index in [9.17, 15) is 13.2 Å². The third kappa shape index (κ3) is 3.22. The van der Waals surface area contributed by atoms with Crippen molar-refractivity contribution in [2.75, 3.05) is 6.54 Å². The van der Waals surface area contributed by atoms with Gasteiger partial charge in [-0.15, -0.1) is 0 Å². The lowest BCUT2D eigenvalue weighted by atomic mass is 10.2. The van der Waals surface area contributed by atoms with Gasteiger partial charge in [0, 0.05) is 31.9 Å². The number of hydrogen-bond acceptors (Lipinski definition) is 3. The maximum atomic E-state index is 12.5. The fraction of sp³-hybridized carbons (Fsp3) is 0.353. The van der Waals surface area contributed by atoms with Gasteiger partial charge in [-0.1, -0.05) is 30.3 Å². The van der Waals surface area contributed by atoms with E-state index >= 15 is 0 Å². The van der Waals surface area contributed by atoms with E-state index in [4.69, 9.17) is 0 Å². The molecule has 2 heterocycles. The largest absolute Gasteiger partial charge is 0.340 e. The fourth-order valence-corrected chi connectivity index (χ4v) is 3.87. The zero-order valence-electron chi connectivity index (χ0n) is 13.8. The second-order valence-electron chi connectivity index (χ2n) is 6.16. The Morgan fingerprint density at radius 3 is 2.54 bits per heavy atom. The van der Waals surface area contributed by atoms with Gasteiger partial charge in [0.1, 0.15) is 10.6 Å². The lowest BCUT2D eigenvalue weighted by Gasteiger charge is -2.31. The second-order valence-corrected chi connectivity index (χ2v) is 7.92. The van der Waals surface area contributed by atoms with E-state index in [2.05, 4.69) is 4.72 Å². The molecule has 1 aromatic carbocycles. The second kappa shape index (κ2) is 6.41. The molecule has 1 aliphatic heterocycles. The summed E-state index contributed by atoms with van der Waals surface area (Å²) in [6.45, 7) is 5.32. The van der Waals surface area contributed by atoms with E-state index < -0.39 is 10.0 Å². The van der Waals surface area contributed by atoms with Crippen molar-refractivity contribution in [1.29, 1.82) is 0 Å². The summed E-state index contributed by atoms with van der Waals surface area (Å²) >= 11 is 0. The maximum Gasteiger partial charge on any atom is 0.270 e. The summed E-state index contributed by atoms with van der Waals surface area (Å²) in [6.07, 6.45) is 1.54. The van der Waals surface area contributed by atoms with Crippen molar-refractivity contribution in [3.63, 3.8) is 0 Å². The molecule has 1 aliphatic rings. The minimum atomic E-state index is -3.66. The van der Waals surface area contributed by atoms with E-state index in [1.165, 1.54) is 12.3 Å². The smallest absolute Gasteiger partial charge is 0.270 e. The van der Waals surface area contributed by atoms with Crippen LogP contribution in [-0.4, -0.2) is 36.4 Å². The lowest BCUT2D eigenvalue weighted by molar-refractivity contribution is 0.0649. The van der Waals surface area contributed by atoms with Crippen molar-refractivity contribution in [2.24, 2.45) is 0 Å². The molecule has 0 fully saturated rings. The predicted octanol–water partition coefficient (Wildman–Crippen LogP) is 1.83. The monoisotopic (exact) mass is 347 g/mol. The average molecular weight is 347 g/mol. The predicted molar refractivity (Wildman–Crippen MR) is 91.1 cm³/mol. The van der Waals surface area contributed by atoms with Gasteiger partial charge >= 0.3 is 0 Å². The van der Waals surface area contributed by atoms with Gasteiger partial charge in [-0.3, -0.25) is 4.79 Å². The molecule has 1 amide bonds. The summed E-state index contributed by atoms with van der Waals surface area (Å²) in [6, 6.07) is 10.9. The number of rotatable bonds is 5. The van der Waals surface area contributed by atoms with Crippen LogP contribution in [0.4, 0.5) is 0 Å². The first-order chi connectivity index (χ1) is 11.4. The maximum absolute atomic E-state index is 12.5. The molecule has 128 valence electrons. The molecule has 1 N–H and O–H groups in total. The third-order valence-corrected chi connectivity index (χ3v) is 5.54. The van der Waals surface area contributed by atoms with Gasteiger partial charge in [0.2, 0.25) is 10.0 Å². The van der Waals surface area contributed by atoms with Crippen LogP contribution in [0.1, 0.15) is 29.9 Å². The Morgan fingerprint density at radius 1 is 1.17 bits per heavy atom. The standard InChI is InChI=1S/C17H21N3O3S/c1-13(2)20-9-8-19-12-15(10-16(19)17(20)21)24(22,23)18-11-14-6-4-3-5-7-14/h3-7,10,12-13,18H,8-9,11H2,1-2H3. The molecule has 0 unspecified atom stereocenters. The number of nitrogens with one attached hydrogen (secondary N) is 1. The number of hydrogen-bond donors (Lipinski definition) is 1. The van der Waals surface area contributed by atoms with Gasteiger partial charge in [0.15, 0.2) is 0 Å². The molecule has 24 heavy (non-hydrogen) atoms. The molecular formula is C17H21N3O3S. The molecule has 0 atom stereocenters.